The summed E-state index contributed by atoms with van der Waals surface area (Å²) < 4.78 is 13.8. The van der Waals surface area contributed by atoms with E-state index in [1.165, 1.54) is 6.07 Å². The average molecular weight is 348 g/mol. The predicted octanol–water partition coefficient (Wildman–Crippen LogP) is 4.55. The maximum atomic E-state index is 13.8. The molecule has 0 amide bonds. The van der Waals surface area contributed by atoms with Crippen LogP contribution in [0.15, 0.2) is 66.9 Å². The highest BCUT2D eigenvalue weighted by Gasteiger charge is 2.38. The zero-order valence-corrected chi connectivity index (χ0v) is 13.9. The number of nitrogens with one attached hydrogen (secondary N) is 1. The van der Waals surface area contributed by atoms with E-state index in [1.54, 1.807) is 48.7 Å². The van der Waals surface area contributed by atoms with Crippen LogP contribution < -0.4 is 5.32 Å². The SMILES string of the molecule is O=C(O)c1cccc(C2CC2Nc2ccc(-c3ccccc3F)nc2)c1. The van der Waals surface area contributed by atoms with Crippen molar-refractivity contribution in [1.29, 1.82) is 0 Å². The molecule has 4 nitrogen and oxygen atoms in total. The zero-order valence-electron chi connectivity index (χ0n) is 13.9. The third-order valence-corrected chi connectivity index (χ3v) is 4.62. The first kappa shape index (κ1) is 16.3. The van der Waals surface area contributed by atoms with Gasteiger partial charge in [-0.3, -0.25) is 4.98 Å². The summed E-state index contributed by atoms with van der Waals surface area (Å²) in [6.45, 7) is 0. The average Bonchev–Trinajstić information content (AvgIpc) is 3.42. The second-order valence-corrected chi connectivity index (χ2v) is 6.44. The maximum absolute atomic E-state index is 13.8. The monoisotopic (exact) mass is 348 g/mol. The summed E-state index contributed by atoms with van der Waals surface area (Å²) in [6, 6.07) is 17.6. The molecule has 5 heteroatoms. The molecule has 0 radical (unpaired) electrons. The minimum Gasteiger partial charge on any atom is -0.478 e. The van der Waals surface area contributed by atoms with Crippen LogP contribution in [-0.4, -0.2) is 22.1 Å². The number of carbonyl (C=O) groups is 1. The van der Waals surface area contributed by atoms with Gasteiger partial charge in [0.15, 0.2) is 0 Å². The van der Waals surface area contributed by atoms with Crippen molar-refractivity contribution in [2.24, 2.45) is 0 Å². The number of hydrogen-bond acceptors (Lipinski definition) is 3. The summed E-state index contributed by atoms with van der Waals surface area (Å²) in [4.78, 5) is 15.4. The van der Waals surface area contributed by atoms with Gasteiger partial charge >= 0.3 is 5.97 Å². The van der Waals surface area contributed by atoms with Crippen molar-refractivity contribution in [2.45, 2.75) is 18.4 Å². The molecule has 4 rings (SSSR count). The number of aromatic nitrogens is 1. The molecule has 0 saturated heterocycles. The molecule has 2 N–H and O–H groups in total. The lowest BCUT2D eigenvalue weighted by molar-refractivity contribution is 0.0696. The number of halogens is 1. The van der Waals surface area contributed by atoms with Crippen LogP contribution in [-0.2, 0) is 0 Å². The van der Waals surface area contributed by atoms with Crippen molar-refractivity contribution in [3.05, 3.63) is 83.8 Å². The number of hydrogen-bond donors (Lipinski definition) is 2. The second kappa shape index (κ2) is 6.59. The van der Waals surface area contributed by atoms with E-state index in [0.29, 0.717) is 22.7 Å². The van der Waals surface area contributed by atoms with Gasteiger partial charge in [0.1, 0.15) is 5.82 Å². The minimum atomic E-state index is -0.912. The van der Waals surface area contributed by atoms with E-state index < -0.39 is 5.97 Å². The van der Waals surface area contributed by atoms with E-state index in [9.17, 15) is 9.18 Å². The van der Waals surface area contributed by atoms with Crippen LogP contribution >= 0.6 is 0 Å². The lowest BCUT2D eigenvalue weighted by atomic mass is 10.1. The molecule has 130 valence electrons. The smallest absolute Gasteiger partial charge is 0.335 e. The third-order valence-electron chi connectivity index (χ3n) is 4.62. The molecule has 1 fully saturated rings. The fourth-order valence-corrected chi connectivity index (χ4v) is 3.15. The molecule has 0 aliphatic heterocycles. The lowest BCUT2D eigenvalue weighted by Crippen LogP contribution is -2.05. The number of benzene rings is 2. The van der Waals surface area contributed by atoms with Gasteiger partial charge < -0.3 is 10.4 Å². The molecule has 2 unspecified atom stereocenters. The fraction of sp³-hybridized carbons (Fsp3) is 0.143. The van der Waals surface area contributed by atoms with Crippen LogP contribution in [0.5, 0.6) is 0 Å². The summed E-state index contributed by atoms with van der Waals surface area (Å²) >= 11 is 0. The van der Waals surface area contributed by atoms with Gasteiger partial charge in [0.2, 0.25) is 0 Å². The molecule has 3 aromatic rings. The molecule has 2 aromatic carbocycles. The van der Waals surface area contributed by atoms with Gasteiger partial charge in [-0.2, -0.15) is 0 Å². The van der Waals surface area contributed by atoms with E-state index >= 15 is 0 Å². The Morgan fingerprint density at radius 2 is 1.96 bits per heavy atom. The number of carboxylic acid groups (broad SMARTS) is 1. The quantitative estimate of drug-likeness (QED) is 0.710. The van der Waals surface area contributed by atoms with Crippen molar-refractivity contribution in [3.8, 4) is 11.3 Å². The third kappa shape index (κ3) is 3.28. The molecule has 0 spiro atoms. The van der Waals surface area contributed by atoms with E-state index in [0.717, 1.165) is 17.7 Å². The highest BCUT2D eigenvalue weighted by atomic mass is 19.1. The topological polar surface area (TPSA) is 62.2 Å². The van der Waals surface area contributed by atoms with Gasteiger partial charge in [-0.25, -0.2) is 9.18 Å². The number of rotatable bonds is 5. The summed E-state index contributed by atoms with van der Waals surface area (Å²) in [5.41, 5.74) is 3.28. The Morgan fingerprint density at radius 1 is 1.12 bits per heavy atom. The van der Waals surface area contributed by atoms with Crippen molar-refractivity contribution in [1.82, 2.24) is 4.98 Å². The van der Waals surface area contributed by atoms with Crippen molar-refractivity contribution < 1.29 is 14.3 Å². The molecular formula is C21H17FN2O2. The first-order chi connectivity index (χ1) is 12.6. The first-order valence-corrected chi connectivity index (χ1v) is 8.42. The molecule has 1 aliphatic rings. The Hall–Kier alpha value is -3.21. The number of aromatic carboxylic acids is 1. The largest absolute Gasteiger partial charge is 0.478 e. The van der Waals surface area contributed by atoms with Crippen LogP contribution in [0.2, 0.25) is 0 Å². The molecule has 1 aromatic heterocycles. The Labute approximate surface area is 150 Å². The Kier molecular flexibility index (Phi) is 4.13. The fourth-order valence-electron chi connectivity index (χ4n) is 3.15. The van der Waals surface area contributed by atoms with Crippen molar-refractivity contribution in [2.75, 3.05) is 5.32 Å². The Morgan fingerprint density at radius 3 is 2.69 bits per heavy atom. The first-order valence-electron chi connectivity index (χ1n) is 8.42. The van der Waals surface area contributed by atoms with Crippen molar-refractivity contribution in [3.63, 3.8) is 0 Å². The van der Waals surface area contributed by atoms with Gasteiger partial charge in [0, 0.05) is 17.5 Å². The molecule has 0 bridgehead atoms. The molecule has 2 atom stereocenters. The maximum Gasteiger partial charge on any atom is 0.335 e. The highest BCUT2D eigenvalue weighted by Crippen LogP contribution is 2.43. The van der Waals surface area contributed by atoms with Crippen LogP contribution in [0, 0.1) is 5.82 Å². The standard InChI is InChI=1S/C21H17FN2O2/c22-18-7-2-1-6-16(18)19-9-8-15(12-23-19)24-20-11-17(20)13-4-3-5-14(10-13)21(25)26/h1-10,12,17,20,24H,11H2,(H,25,26). The summed E-state index contributed by atoms with van der Waals surface area (Å²) in [5, 5.41) is 12.5. The van der Waals surface area contributed by atoms with E-state index in [2.05, 4.69) is 10.3 Å². The Bertz CT molecular complexity index is 956. The second-order valence-electron chi connectivity index (χ2n) is 6.44. The number of anilines is 1. The molecular weight excluding hydrogens is 331 g/mol. The van der Waals surface area contributed by atoms with E-state index in [1.807, 2.05) is 12.1 Å². The summed E-state index contributed by atoms with van der Waals surface area (Å²) in [7, 11) is 0. The highest BCUT2D eigenvalue weighted by molar-refractivity contribution is 5.87. The number of carboxylic acids is 1. The van der Waals surface area contributed by atoms with Crippen LogP contribution in [0.1, 0.15) is 28.3 Å². The summed E-state index contributed by atoms with van der Waals surface area (Å²) in [6.07, 6.45) is 2.64. The zero-order chi connectivity index (χ0) is 18.1. The van der Waals surface area contributed by atoms with Crippen molar-refractivity contribution >= 4 is 11.7 Å². The summed E-state index contributed by atoms with van der Waals surface area (Å²) in [5.74, 6) is -0.910. The Balaban J connectivity index is 1.44. The minimum absolute atomic E-state index is 0.250. The molecule has 1 saturated carbocycles. The lowest BCUT2D eigenvalue weighted by Gasteiger charge is -2.08. The normalized spacial score (nSPS) is 18.3. The van der Waals surface area contributed by atoms with E-state index in [4.69, 9.17) is 5.11 Å². The van der Waals surface area contributed by atoms with Gasteiger partial charge in [-0.1, -0.05) is 24.3 Å². The van der Waals surface area contributed by atoms with Crippen LogP contribution in [0.25, 0.3) is 11.3 Å². The van der Waals surface area contributed by atoms with Gasteiger partial charge in [0.25, 0.3) is 0 Å². The molecule has 26 heavy (non-hydrogen) atoms. The van der Waals surface area contributed by atoms with Crippen LogP contribution in [0.4, 0.5) is 10.1 Å². The number of nitrogens with zero attached hydrogens (tertiary/aromatic N) is 1. The van der Waals surface area contributed by atoms with Gasteiger partial charge in [-0.05, 0) is 48.4 Å². The predicted molar refractivity (Wildman–Crippen MR) is 97.8 cm³/mol. The molecule has 1 heterocycles. The molecule has 1 aliphatic carbocycles. The van der Waals surface area contributed by atoms with Crippen LogP contribution in [0.3, 0.4) is 0 Å². The van der Waals surface area contributed by atoms with E-state index in [-0.39, 0.29) is 11.9 Å². The van der Waals surface area contributed by atoms with Gasteiger partial charge in [0.05, 0.1) is 23.1 Å². The van der Waals surface area contributed by atoms with Gasteiger partial charge in [-0.15, -0.1) is 0 Å². The number of pyridine rings is 1.